The summed E-state index contributed by atoms with van der Waals surface area (Å²) in [6, 6.07) is 13.5. The van der Waals surface area contributed by atoms with Crippen molar-refractivity contribution >= 4 is 22.9 Å². The molecule has 5 nitrogen and oxygen atoms in total. The van der Waals surface area contributed by atoms with Crippen LogP contribution in [0.25, 0.3) is 5.57 Å². The van der Waals surface area contributed by atoms with Crippen LogP contribution < -0.4 is 4.52 Å². The molecule has 0 amide bonds. The molecule has 384 valence electrons. The highest BCUT2D eigenvalue weighted by Crippen LogP contribution is 2.56. The minimum atomic E-state index is -2.61. The van der Waals surface area contributed by atoms with Gasteiger partial charge in [0.25, 0.3) is 0 Å². The summed E-state index contributed by atoms with van der Waals surface area (Å²) in [6.45, 7) is 59.4. The number of hydrogen-bond acceptors (Lipinski definition) is 5. The van der Waals surface area contributed by atoms with E-state index in [9.17, 15) is 9.79 Å². The first kappa shape index (κ1) is 58.9. The van der Waals surface area contributed by atoms with Crippen LogP contribution in [-0.2, 0) is 41.5 Å². The average molecular weight is 987 g/mol. The molecule has 0 radical (unpaired) electrons. The van der Waals surface area contributed by atoms with Gasteiger partial charge in [0.05, 0.1) is 0 Å². The van der Waals surface area contributed by atoms with E-state index in [1.54, 1.807) is 0 Å². The predicted octanol–water partition coefficient (Wildman–Crippen LogP) is 18.8. The van der Waals surface area contributed by atoms with E-state index in [2.05, 4.69) is 235 Å². The standard InChI is InChI=1S/C31H49O3P.C30H44FO2P/c1-19-15-21(28(3,4)5)17-23(30(9,10)11)25(19)27(34-35(32)33)26-20(2)16-22(29(6,7)8)18-24(26)31(12,13)14;1-18-21-14-19(27(2,3)4)16-23(29(8,9)10)25(21)32-34(31)33-26-22(18)15-20(28(5,6)7)17-24(26)30(11,12)13/h15-18,27,32-33H,1-14H3;14-17,25H,1-13H3/b;21-18-. The third-order valence-corrected chi connectivity index (χ3v) is 14.8. The van der Waals surface area contributed by atoms with Crippen molar-refractivity contribution in [3.8, 4) is 5.75 Å². The van der Waals surface area contributed by atoms with Gasteiger partial charge in [-0.2, -0.15) is 0 Å². The molecule has 0 saturated heterocycles. The summed E-state index contributed by atoms with van der Waals surface area (Å²) in [6.07, 6.45) is 3.40. The van der Waals surface area contributed by atoms with E-state index in [1.165, 1.54) is 33.4 Å². The zero-order chi connectivity index (χ0) is 53.3. The second kappa shape index (κ2) is 20.0. The largest absolute Gasteiger partial charge is 0.440 e. The van der Waals surface area contributed by atoms with Gasteiger partial charge in [-0.05, 0) is 143 Å². The van der Waals surface area contributed by atoms with Crippen LogP contribution in [0.15, 0.2) is 65.3 Å². The van der Waals surface area contributed by atoms with Crippen LogP contribution in [-0.4, -0.2) is 15.9 Å². The van der Waals surface area contributed by atoms with Gasteiger partial charge < -0.3 is 14.3 Å². The fraction of sp³-hybridized carbons (Fsp3) is 0.607. The number of hydrogen-bond donors (Lipinski definition) is 2. The van der Waals surface area contributed by atoms with Gasteiger partial charge in [0.15, 0.2) is 0 Å². The Balaban J connectivity index is 0.000000301. The molecule has 0 saturated carbocycles. The van der Waals surface area contributed by atoms with Crippen molar-refractivity contribution in [2.24, 2.45) is 10.8 Å². The van der Waals surface area contributed by atoms with Crippen LogP contribution in [0.1, 0.15) is 240 Å². The fourth-order valence-corrected chi connectivity index (χ4v) is 10.4. The van der Waals surface area contributed by atoms with Crippen molar-refractivity contribution in [1.82, 2.24) is 0 Å². The number of aryl methyl sites for hydroxylation is 2. The van der Waals surface area contributed by atoms with Gasteiger partial charge in [0.2, 0.25) is 0 Å². The molecule has 2 unspecified atom stereocenters. The average Bonchev–Trinajstić information content (AvgIpc) is 3.12. The van der Waals surface area contributed by atoms with Gasteiger partial charge in [-0.25, -0.2) is 0 Å². The number of benzene rings is 3. The summed E-state index contributed by atoms with van der Waals surface area (Å²) in [4.78, 5) is 20.4. The van der Waals surface area contributed by atoms with E-state index in [-0.39, 0.29) is 43.3 Å². The summed E-state index contributed by atoms with van der Waals surface area (Å²) in [5.41, 5.74) is 16.1. The summed E-state index contributed by atoms with van der Waals surface area (Å²) < 4.78 is 33.8. The van der Waals surface area contributed by atoms with Crippen molar-refractivity contribution < 1.29 is 27.6 Å². The van der Waals surface area contributed by atoms with Gasteiger partial charge in [-0.3, -0.25) is 9.05 Å². The Morgan fingerprint density at radius 1 is 0.522 bits per heavy atom. The first-order valence-electron chi connectivity index (χ1n) is 25.1. The topological polar surface area (TPSA) is 68.2 Å². The van der Waals surface area contributed by atoms with E-state index < -0.39 is 29.5 Å². The summed E-state index contributed by atoms with van der Waals surface area (Å²) in [7, 11) is -5.17. The molecular formula is C61H93FO5P2. The molecule has 5 rings (SSSR count). The molecular weight excluding hydrogens is 894 g/mol. The van der Waals surface area contributed by atoms with Gasteiger partial charge in [0, 0.05) is 11.1 Å². The van der Waals surface area contributed by atoms with Crippen molar-refractivity contribution in [3.63, 3.8) is 0 Å². The molecule has 0 fully saturated rings. The summed E-state index contributed by atoms with van der Waals surface area (Å²) >= 11 is 0. The lowest BCUT2D eigenvalue weighted by Gasteiger charge is -2.39. The van der Waals surface area contributed by atoms with Crippen LogP contribution in [0.4, 0.5) is 4.20 Å². The van der Waals surface area contributed by atoms with Crippen molar-refractivity contribution in [3.05, 3.63) is 126 Å². The van der Waals surface area contributed by atoms with E-state index >= 15 is 4.20 Å². The molecule has 2 aliphatic rings. The maximum atomic E-state index is 15.5. The Morgan fingerprint density at radius 2 is 0.913 bits per heavy atom. The van der Waals surface area contributed by atoms with Crippen molar-refractivity contribution in [2.75, 3.05) is 0 Å². The molecule has 0 spiro atoms. The summed E-state index contributed by atoms with van der Waals surface area (Å²) in [5, 5.41) is 0. The maximum Gasteiger partial charge on any atom is 0.440 e. The first-order chi connectivity index (χ1) is 30.8. The smallest absolute Gasteiger partial charge is 0.423 e. The molecule has 3 aromatic rings. The Labute approximate surface area is 423 Å². The number of rotatable bonds is 4. The van der Waals surface area contributed by atoms with Crippen LogP contribution in [0.3, 0.4) is 0 Å². The Kier molecular flexibility index (Phi) is 17.0. The van der Waals surface area contributed by atoms with Crippen LogP contribution in [0.2, 0.25) is 0 Å². The Hall–Kier alpha value is -2.69. The molecule has 8 heteroatoms. The minimum Gasteiger partial charge on any atom is -0.423 e. The SMILES string of the molecule is C/C1=C2\C=C(C(C)(C)C)C=C(C(C)(C)C)C2OP(F)Oc2c1cc(C(C)(C)C)cc2C(C)(C)C.Cc1cc(C(C)(C)C)cc(C(C)(C)C)c1C(OP(O)O)c1c(C)cc(C(C)(C)C)cc1C(C)(C)C. The molecule has 1 aliphatic carbocycles. The lowest BCUT2D eigenvalue weighted by Crippen LogP contribution is -2.31. The predicted molar refractivity (Wildman–Crippen MR) is 296 cm³/mol. The van der Waals surface area contributed by atoms with Crippen LogP contribution in [0.5, 0.6) is 5.75 Å². The number of allylic oxidation sites excluding steroid dienone is 3. The van der Waals surface area contributed by atoms with E-state index in [0.717, 1.165) is 50.1 Å². The second-order valence-corrected chi connectivity index (χ2v) is 29.8. The fourth-order valence-electron chi connectivity index (χ4n) is 9.23. The summed E-state index contributed by atoms with van der Waals surface area (Å²) in [5.74, 6) is 0.620. The third-order valence-electron chi connectivity index (χ3n) is 13.7. The highest BCUT2D eigenvalue weighted by atomic mass is 31.2. The molecule has 2 N–H and O–H groups in total. The Bertz CT molecular complexity index is 2380. The molecule has 69 heavy (non-hydrogen) atoms. The maximum absolute atomic E-state index is 15.5. The van der Waals surface area contributed by atoms with Gasteiger partial charge in [-0.15, -0.1) is 4.20 Å². The van der Waals surface area contributed by atoms with Crippen molar-refractivity contribution in [2.45, 2.75) is 232 Å². The molecule has 1 aliphatic heterocycles. The lowest BCUT2D eigenvalue weighted by atomic mass is 9.71. The second-order valence-electron chi connectivity index (χ2n) is 28.2. The quantitative estimate of drug-likeness (QED) is 0.255. The van der Waals surface area contributed by atoms with E-state index in [0.29, 0.717) is 5.75 Å². The highest BCUT2D eigenvalue weighted by molar-refractivity contribution is 7.41. The highest BCUT2D eigenvalue weighted by Gasteiger charge is 2.41. The third kappa shape index (κ3) is 13.9. The molecule has 2 atom stereocenters. The normalized spacial score (nSPS) is 19.0. The first-order valence-corrected chi connectivity index (χ1v) is 27.3. The minimum absolute atomic E-state index is 0.00105. The van der Waals surface area contributed by atoms with E-state index in [4.69, 9.17) is 13.6 Å². The monoisotopic (exact) mass is 987 g/mol. The zero-order valence-corrected chi connectivity index (χ0v) is 50.0. The van der Waals surface area contributed by atoms with Gasteiger partial charge in [-0.1, -0.05) is 209 Å². The molecule has 0 aromatic heterocycles. The van der Waals surface area contributed by atoms with Crippen LogP contribution in [0, 0.1) is 24.7 Å². The molecule has 0 bridgehead atoms. The van der Waals surface area contributed by atoms with Gasteiger partial charge in [0.1, 0.15) is 18.0 Å². The number of fused-ring (bicyclic) bond motifs is 2. The zero-order valence-electron chi connectivity index (χ0n) is 48.2. The lowest BCUT2D eigenvalue weighted by molar-refractivity contribution is 0.199. The molecule has 1 heterocycles. The molecule has 3 aromatic carbocycles. The van der Waals surface area contributed by atoms with Crippen molar-refractivity contribution in [1.29, 1.82) is 0 Å². The van der Waals surface area contributed by atoms with Gasteiger partial charge >= 0.3 is 17.3 Å². The van der Waals surface area contributed by atoms with Crippen LogP contribution >= 0.6 is 17.3 Å². The number of halogens is 1. The van der Waals surface area contributed by atoms with E-state index in [1.807, 2.05) is 0 Å². The Morgan fingerprint density at radius 3 is 1.26 bits per heavy atom.